The van der Waals surface area contributed by atoms with Crippen molar-refractivity contribution in [1.29, 1.82) is 0 Å². The molecule has 1 saturated heterocycles. The van der Waals surface area contributed by atoms with Crippen molar-refractivity contribution in [3.63, 3.8) is 0 Å². The fourth-order valence-corrected chi connectivity index (χ4v) is 3.35. The van der Waals surface area contributed by atoms with Gasteiger partial charge in [0.25, 0.3) is 0 Å². The van der Waals surface area contributed by atoms with Crippen LogP contribution in [0.1, 0.15) is 36.4 Å². The number of ether oxygens (including phenoxy) is 1. The Morgan fingerprint density at radius 3 is 2.83 bits per heavy atom. The lowest BCUT2D eigenvalue weighted by atomic mass is 9.76. The Bertz CT molecular complexity index is 394. The SMILES string of the molecule is Cc1nc(CC2(CNC3CC3)CCOCC2)cs1. The Hall–Kier alpha value is -0.450. The molecular formula is C14H22N2OS. The molecular weight excluding hydrogens is 244 g/mol. The van der Waals surface area contributed by atoms with E-state index in [0.717, 1.165) is 32.2 Å². The Kier molecular flexibility index (Phi) is 3.68. The van der Waals surface area contributed by atoms with Gasteiger partial charge in [0.1, 0.15) is 0 Å². The van der Waals surface area contributed by atoms with Crippen molar-refractivity contribution < 1.29 is 4.74 Å². The molecule has 18 heavy (non-hydrogen) atoms. The van der Waals surface area contributed by atoms with Gasteiger partial charge in [0.05, 0.1) is 10.7 Å². The first kappa shape index (κ1) is 12.6. The number of nitrogens with zero attached hydrogens (tertiary/aromatic N) is 1. The van der Waals surface area contributed by atoms with E-state index in [2.05, 4.69) is 22.6 Å². The van der Waals surface area contributed by atoms with Crippen LogP contribution >= 0.6 is 11.3 Å². The van der Waals surface area contributed by atoms with E-state index in [1.54, 1.807) is 11.3 Å². The molecule has 0 spiro atoms. The molecule has 2 heterocycles. The van der Waals surface area contributed by atoms with E-state index in [4.69, 9.17) is 4.74 Å². The van der Waals surface area contributed by atoms with Crippen LogP contribution in [-0.4, -0.2) is 30.8 Å². The van der Waals surface area contributed by atoms with Crippen molar-refractivity contribution in [2.45, 2.75) is 45.1 Å². The summed E-state index contributed by atoms with van der Waals surface area (Å²) in [6.07, 6.45) is 6.18. The highest BCUT2D eigenvalue weighted by molar-refractivity contribution is 7.09. The Balaban J connectivity index is 1.66. The number of aryl methyl sites for hydroxylation is 1. The maximum atomic E-state index is 5.54. The maximum absolute atomic E-state index is 5.54. The molecule has 1 aromatic heterocycles. The fraction of sp³-hybridized carbons (Fsp3) is 0.786. The first-order chi connectivity index (χ1) is 8.76. The van der Waals surface area contributed by atoms with Crippen molar-refractivity contribution in [2.75, 3.05) is 19.8 Å². The molecule has 0 radical (unpaired) electrons. The van der Waals surface area contributed by atoms with Crippen molar-refractivity contribution in [2.24, 2.45) is 5.41 Å². The van der Waals surface area contributed by atoms with Crippen molar-refractivity contribution in [3.05, 3.63) is 16.1 Å². The predicted molar refractivity (Wildman–Crippen MR) is 74.1 cm³/mol. The molecule has 1 aromatic rings. The molecule has 3 nitrogen and oxygen atoms in total. The number of hydrogen-bond donors (Lipinski definition) is 1. The molecule has 0 atom stereocenters. The van der Waals surface area contributed by atoms with Crippen LogP contribution in [0.15, 0.2) is 5.38 Å². The second-order valence-electron chi connectivity index (χ2n) is 5.80. The average Bonchev–Trinajstić information content (AvgIpc) is 3.12. The zero-order chi connectivity index (χ0) is 12.4. The number of hydrogen-bond acceptors (Lipinski definition) is 4. The summed E-state index contributed by atoms with van der Waals surface area (Å²) < 4.78 is 5.54. The Morgan fingerprint density at radius 2 is 2.22 bits per heavy atom. The summed E-state index contributed by atoms with van der Waals surface area (Å²) in [6.45, 7) is 5.05. The van der Waals surface area contributed by atoms with Crippen LogP contribution in [0.25, 0.3) is 0 Å². The van der Waals surface area contributed by atoms with E-state index in [0.29, 0.717) is 5.41 Å². The summed E-state index contributed by atoms with van der Waals surface area (Å²) in [5.41, 5.74) is 1.65. The minimum atomic E-state index is 0.376. The van der Waals surface area contributed by atoms with E-state index >= 15 is 0 Å². The second-order valence-corrected chi connectivity index (χ2v) is 6.86. The standard InChI is InChI=1S/C14H22N2OS/c1-11-16-13(9-18-11)8-14(4-6-17-7-5-14)10-15-12-2-3-12/h9,12,15H,2-8,10H2,1H3. The highest BCUT2D eigenvalue weighted by Gasteiger charge is 2.35. The topological polar surface area (TPSA) is 34.2 Å². The van der Waals surface area contributed by atoms with Gasteiger partial charge < -0.3 is 10.1 Å². The van der Waals surface area contributed by atoms with Crippen LogP contribution in [0.3, 0.4) is 0 Å². The third-order valence-corrected chi connectivity index (χ3v) is 4.94. The number of aromatic nitrogens is 1. The average molecular weight is 266 g/mol. The van der Waals surface area contributed by atoms with Crippen LogP contribution in [0.2, 0.25) is 0 Å². The van der Waals surface area contributed by atoms with Gasteiger partial charge in [0, 0.05) is 31.2 Å². The highest BCUT2D eigenvalue weighted by Crippen LogP contribution is 2.35. The van der Waals surface area contributed by atoms with Gasteiger partial charge in [-0.3, -0.25) is 0 Å². The molecule has 100 valence electrons. The summed E-state index contributed by atoms with van der Waals surface area (Å²) in [7, 11) is 0. The minimum absolute atomic E-state index is 0.376. The van der Waals surface area contributed by atoms with E-state index in [1.165, 1.54) is 36.4 Å². The minimum Gasteiger partial charge on any atom is -0.381 e. The number of rotatable bonds is 5. The smallest absolute Gasteiger partial charge is 0.0897 e. The summed E-state index contributed by atoms with van der Waals surface area (Å²) in [6, 6.07) is 0.793. The van der Waals surface area contributed by atoms with Gasteiger partial charge in [0.15, 0.2) is 0 Å². The molecule has 0 unspecified atom stereocenters. The first-order valence-electron chi connectivity index (χ1n) is 6.98. The second kappa shape index (κ2) is 5.27. The monoisotopic (exact) mass is 266 g/mol. The zero-order valence-corrected chi connectivity index (χ0v) is 11.9. The zero-order valence-electron chi connectivity index (χ0n) is 11.1. The van der Waals surface area contributed by atoms with E-state index in [-0.39, 0.29) is 0 Å². The lowest BCUT2D eigenvalue weighted by Gasteiger charge is -2.37. The Labute approximate surface area is 113 Å². The van der Waals surface area contributed by atoms with Crippen LogP contribution in [-0.2, 0) is 11.2 Å². The summed E-state index contributed by atoms with van der Waals surface area (Å²) >= 11 is 1.77. The van der Waals surface area contributed by atoms with Gasteiger partial charge in [-0.1, -0.05) is 0 Å². The summed E-state index contributed by atoms with van der Waals surface area (Å²) in [5.74, 6) is 0. The molecule has 1 N–H and O–H groups in total. The third-order valence-electron chi connectivity index (χ3n) is 4.12. The lowest BCUT2D eigenvalue weighted by Crippen LogP contribution is -2.41. The van der Waals surface area contributed by atoms with Gasteiger partial charge in [-0.05, 0) is 44.4 Å². The van der Waals surface area contributed by atoms with Crippen molar-refractivity contribution >= 4 is 11.3 Å². The van der Waals surface area contributed by atoms with Gasteiger partial charge in [-0.15, -0.1) is 11.3 Å². The summed E-state index contributed by atoms with van der Waals surface area (Å²) in [5, 5.41) is 7.12. The highest BCUT2D eigenvalue weighted by atomic mass is 32.1. The normalized spacial score (nSPS) is 23.2. The molecule has 0 aromatic carbocycles. The Morgan fingerprint density at radius 1 is 1.44 bits per heavy atom. The fourth-order valence-electron chi connectivity index (χ4n) is 2.74. The first-order valence-corrected chi connectivity index (χ1v) is 7.86. The van der Waals surface area contributed by atoms with Crippen molar-refractivity contribution in [3.8, 4) is 0 Å². The largest absolute Gasteiger partial charge is 0.381 e. The lowest BCUT2D eigenvalue weighted by molar-refractivity contribution is 0.0143. The molecule has 2 aliphatic rings. The number of nitrogens with one attached hydrogen (secondary N) is 1. The van der Waals surface area contributed by atoms with E-state index in [9.17, 15) is 0 Å². The molecule has 3 rings (SSSR count). The van der Waals surface area contributed by atoms with E-state index < -0.39 is 0 Å². The van der Waals surface area contributed by atoms with Gasteiger partial charge in [-0.2, -0.15) is 0 Å². The van der Waals surface area contributed by atoms with Crippen LogP contribution in [0, 0.1) is 12.3 Å². The van der Waals surface area contributed by atoms with Gasteiger partial charge in [-0.25, -0.2) is 4.98 Å². The molecule has 0 bridgehead atoms. The molecule has 1 aliphatic carbocycles. The quantitative estimate of drug-likeness (QED) is 0.889. The van der Waals surface area contributed by atoms with Gasteiger partial charge >= 0.3 is 0 Å². The van der Waals surface area contributed by atoms with Crippen molar-refractivity contribution in [1.82, 2.24) is 10.3 Å². The van der Waals surface area contributed by atoms with Crippen LogP contribution in [0.5, 0.6) is 0 Å². The van der Waals surface area contributed by atoms with Crippen LogP contribution in [0.4, 0.5) is 0 Å². The van der Waals surface area contributed by atoms with Gasteiger partial charge in [0.2, 0.25) is 0 Å². The molecule has 1 aliphatic heterocycles. The van der Waals surface area contributed by atoms with Crippen LogP contribution < -0.4 is 5.32 Å². The number of thiazole rings is 1. The maximum Gasteiger partial charge on any atom is 0.0897 e. The third kappa shape index (κ3) is 3.11. The van der Waals surface area contributed by atoms with E-state index in [1.807, 2.05) is 0 Å². The molecule has 0 amide bonds. The summed E-state index contributed by atoms with van der Waals surface area (Å²) in [4.78, 5) is 4.64. The molecule has 2 fully saturated rings. The molecule has 4 heteroatoms. The molecule has 1 saturated carbocycles. The predicted octanol–water partition coefficient (Wildman–Crippen LogP) is 2.54.